The standard InChI is InChI=1S/2C21H31ClN6O4.CH2O/c2*22-13-32-20(31)16(8-4-10-26-21(24)25)27-18(29)17-9-5-11-28(17)19(30)15(23)12-14-6-2-1-3-7-14;1-2/h2*1-3,6-7,15-17H,4-5,8-13,23H2,(H,27,29)(H4,24,25,26);1H2/t2*15-,16-,17-;/m00./s1. The lowest BCUT2D eigenvalue weighted by molar-refractivity contribution is -0.148. The van der Waals surface area contributed by atoms with Gasteiger partial charge in [-0.1, -0.05) is 83.9 Å². The van der Waals surface area contributed by atoms with Gasteiger partial charge in [0.1, 0.15) is 31.0 Å². The number of esters is 2. The first-order valence-corrected chi connectivity index (χ1v) is 22.4. The lowest BCUT2D eigenvalue weighted by atomic mass is 10.0. The molecular formula is C43H64Cl2N12O9. The minimum atomic E-state index is -0.925. The summed E-state index contributed by atoms with van der Waals surface area (Å²) in [6, 6.07) is 13.4. The number of likely N-dealkylation sites (tertiary alicyclic amines) is 2. The van der Waals surface area contributed by atoms with E-state index in [0.29, 0.717) is 77.5 Å². The molecule has 2 fully saturated rings. The maximum absolute atomic E-state index is 12.9. The molecule has 21 nitrogen and oxygen atoms in total. The van der Waals surface area contributed by atoms with Crippen LogP contribution >= 0.6 is 23.2 Å². The van der Waals surface area contributed by atoms with Crippen LogP contribution in [0.3, 0.4) is 0 Å². The fraction of sp³-hybridized carbons (Fsp3) is 0.512. The van der Waals surface area contributed by atoms with Gasteiger partial charge in [0, 0.05) is 26.2 Å². The molecular weight excluding hydrogens is 899 g/mol. The quantitative estimate of drug-likeness (QED) is 0.0242. The third kappa shape index (κ3) is 19.6. The van der Waals surface area contributed by atoms with Gasteiger partial charge in [0.25, 0.3) is 0 Å². The highest BCUT2D eigenvalue weighted by molar-refractivity contribution is 6.17. The summed E-state index contributed by atoms with van der Waals surface area (Å²) in [6.45, 7) is 3.58. The molecule has 0 spiro atoms. The van der Waals surface area contributed by atoms with E-state index < -0.39 is 60.0 Å². The van der Waals surface area contributed by atoms with Crippen LogP contribution in [0.4, 0.5) is 0 Å². The fourth-order valence-corrected chi connectivity index (χ4v) is 7.56. The number of halogens is 2. The summed E-state index contributed by atoms with van der Waals surface area (Å²) in [5.41, 5.74) is 24.6. The lowest BCUT2D eigenvalue weighted by Gasteiger charge is -2.28. The molecule has 0 radical (unpaired) electrons. The van der Waals surface area contributed by atoms with Crippen molar-refractivity contribution in [3.05, 3.63) is 71.8 Å². The van der Waals surface area contributed by atoms with Gasteiger partial charge in [0.2, 0.25) is 23.6 Å². The van der Waals surface area contributed by atoms with Crippen molar-refractivity contribution in [2.75, 3.05) is 38.3 Å². The Kier molecular flexibility index (Phi) is 26.3. The first kappa shape index (κ1) is 56.1. The molecule has 66 heavy (non-hydrogen) atoms. The third-order valence-electron chi connectivity index (χ3n) is 10.5. The van der Waals surface area contributed by atoms with Crippen molar-refractivity contribution >= 4 is 77.5 Å². The summed E-state index contributed by atoms with van der Waals surface area (Å²) < 4.78 is 9.70. The molecule has 2 aliphatic rings. The summed E-state index contributed by atoms with van der Waals surface area (Å²) in [5.74, 6) is -3.13. The summed E-state index contributed by atoms with van der Waals surface area (Å²) in [4.78, 5) is 87.2. The number of hydrogen-bond acceptors (Lipinski definition) is 13. The molecule has 0 aromatic heterocycles. The predicted molar refractivity (Wildman–Crippen MR) is 249 cm³/mol. The van der Waals surface area contributed by atoms with Gasteiger partial charge >= 0.3 is 11.9 Å². The highest BCUT2D eigenvalue weighted by Crippen LogP contribution is 2.21. The number of nitrogens with zero attached hydrogens (tertiary/aromatic N) is 2. The molecule has 0 saturated carbocycles. The second-order valence-corrected chi connectivity index (χ2v) is 15.6. The normalized spacial score (nSPS) is 16.8. The zero-order chi connectivity index (χ0) is 49.0. The smallest absolute Gasteiger partial charge is 0.329 e. The molecule has 0 bridgehead atoms. The molecule has 2 saturated heterocycles. The van der Waals surface area contributed by atoms with E-state index in [2.05, 4.69) is 21.3 Å². The Morgan fingerprint density at radius 2 is 1.00 bits per heavy atom. The second kappa shape index (κ2) is 31.0. The van der Waals surface area contributed by atoms with Crippen molar-refractivity contribution in [1.82, 2.24) is 31.1 Å². The van der Waals surface area contributed by atoms with Gasteiger partial charge in [0.05, 0.1) is 12.1 Å². The molecule has 14 N–H and O–H groups in total. The molecule has 2 aromatic rings. The van der Waals surface area contributed by atoms with Gasteiger partial charge in [-0.3, -0.25) is 30.0 Å². The average Bonchev–Trinajstić information content (AvgIpc) is 4.01. The minimum absolute atomic E-state index is 0.180. The Morgan fingerprint density at radius 3 is 1.32 bits per heavy atom. The molecule has 2 aliphatic heterocycles. The molecule has 6 atom stereocenters. The van der Waals surface area contributed by atoms with Crippen molar-refractivity contribution in [3.63, 3.8) is 0 Å². The van der Waals surface area contributed by atoms with Gasteiger partial charge < -0.3 is 68.3 Å². The van der Waals surface area contributed by atoms with E-state index in [-0.39, 0.29) is 48.7 Å². The maximum atomic E-state index is 12.9. The van der Waals surface area contributed by atoms with Crippen LogP contribution in [-0.4, -0.2) is 139 Å². The van der Waals surface area contributed by atoms with Gasteiger partial charge in [-0.15, -0.1) is 0 Å². The Bertz CT molecular complexity index is 1740. The number of amides is 4. The largest absolute Gasteiger partial charge is 0.448 e. The number of benzene rings is 2. The molecule has 4 amide bonds. The van der Waals surface area contributed by atoms with Crippen molar-refractivity contribution in [2.45, 2.75) is 100 Å². The van der Waals surface area contributed by atoms with Crippen molar-refractivity contribution in [1.29, 1.82) is 10.8 Å². The summed E-state index contributed by atoms with van der Waals surface area (Å²) >= 11 is 11.0. The zero-order valence-electron chi connectivity index (χ0n) is 36.9. The molecule has 364 valence electrons. The molecule has 0 aliphatic carbocycles. The number of alkyl halides is 2. The number of nitrogens with one attached hydrogen (secondary N) is 6. The summed E-state index contributed by atoms with van der Waals surface area (Å²) in [5, 5.41) is 25.0. The highest BCUT2D eigenvalue weighted by atomic mass is 35.5. The summed E-state index contributed by atoms with van der Waals surface area (Å²) in [7, 11) is 0. The zero-order valence-corrected chi connectivity index (χ0v) is 38.4. The Hall–Kier alpha value is -6.03. The third-order valence-corrected chi connectivity index (χ3v) is 10.7. The number of rotatable bonds is 22. The molecule has 0 unspecified atom stereocenters. The molecule has 23 heteroatoms. The van der Waals surface area contributed by atoms with E-state index in [1.807, 2.05) is 67.5 Å². The first-order chi connectivity index (χ1) is 31.7. The van der Waals surface area contributed by atoms with E-state index in [0.717, 1.165) is 11.1 Å². The second-order valence-electron chi connectivity index (χ2n) is 15.2. The van der Waals surface area contributed by atoms with E-state index in [4.69, 9.17) is 71.2 Å². The molecule has 2 aromatic carbocycles. The van der Waals surface area contributed by atoms with Crippen LogP contribution in [0.2, 0.25) is 0 Å². The number of carbonyl (C=O) groups excluding carboxylic acids is 7. The monoisotopic (exact) mass is 962 g/mol. The van der Waals surface area contributed by atoms with Gasteiger partial charge in [-0.25, -0.2) is 9.59 Å². The number of ether oxygens (including phenoxy) is 2. The van der Waals surface area contributed by atoms with Crippen molar-refractivity contribution < 1.29 is 43.0 Å². The molecule has 4 rings (SSSR count). The Balaban J connectivity index is 0.000000437. The van der Waals surface area contributed by atoms with Crippen molar-refractivity contribution in [2.24, 2.45) is 22.9 Å². The molecule has 2 heterocycles. The van der Waals surface area contributed by atoms with Crippen LogP contribution in [0.25, 0.3) is 0 Å². The van der Waals surface area contributed by atoms with Crippen LogP contribution in [0.15, 0.2) is 60.7 Å². The topological polar surface area (TPSA) is 344 Å². The van der Waals surface area contributed by atoms with Crippen LogP contribution in [0.5, 0.6) is 0 Å². The lowest BCUT2D eigenvalue weighted by Crippen LogP contribution is -2.54. The Labute approximate surface area is 394 Å². The van der Waals surface area contributed by atoms with Crippen LogP contribution in [0.1, 0.15) is 62.5 Å². The first-order valence-electron chi connectivity index (χ1n) is 21.4. The van der Waals surface area contributed by atoms with E-state index >= 15 is 0 Å². The van der Waals surface area contributed by atoms with Crippen LogP contribution in [0, 0.1) is 10.8 Å². The summed E-state index contributed by atoms with van der Waals surface area (Å²) in [6.07, 6.45) is 4.48. The maximum Gasteiger partial charge on any atom is 0.329 e. The SMILES string of the molecule is C=O.N=C(N)NCCC[C@H](NC(=O)[C@@H]1CCCN1C(=O)[C@@H](N)Cc1ccccc1)C(=O)OCCl.N=C(N)NCCC[C@H](NC(=O)[C@@H]1CCCN1C(=O)[C@@H](N)Cc1ccccc1)C(=O)OCCl. The number of hydrogen-bond donors (Lipinski definition) is 10. The van der Waals surface area contributed by atoms with Gasteiger partial charge in [-0.05, 0) is 75.3 Å². The highest BCUT2D eigenvalue weighted by Gasteiger charge is 2.39. The van der Waals surface area contributed by atoms with Crippen molar-refractivity contribution in [3.8, 4) is 0 Å². The van der Waals surface area contributed by atoms with Gasteiger partial charge in [0.15, 0.2) is 24.1 Å². The number of carbonyl (C=O) groups is 7. The van der Waals surface area contributed by atoms with Gasteiger partial charge in [-0.2, -0.15) is 0 Å². The minimum Gasteiger partial charge on any atom is -0.448 e. The predicted octanol–water partition coefficient (Wildman–Crippen LogP) is -0.115. The van der Waals surface area contributed by atoms with E-state index in [9.17, 15) is 28.8 Å². The van der Waals surface area contributed by atoms with E-state index in [1.54, 1.807) is 0 Å². The average molecular weight is 964 g/mol. The van der Waals surface area contributed by atoms with Crippen LogP contribution < -0.4 is 44.2 Å². The number of guanidine groups is 2. The van der Waals surface area contributed by atoms with E-state index in [1.165, 1.54) is 9.80 Å². The van der Waals surface area contributed by atoms with Crippen LogP contribution in [-0.2, 0) is 55.9 Å². The Morgan fingerprint density at radius 1 is 0.652 bits per heavy atom. The fourth-order valence-electron chi connectivity index (χ4n) is 7.34. The number of nitrogens with two attached hydrogens (primary N) is 4.